The number of hydrogen-bond donors (Lipinski definition) is 1. The molecule has 0 aromatic carbocycles. The number of esters is 1. The van der Waals surface area contributed by atoms with Crippen LogP contribution in [-0.2, 0) is 29.2 Å². The molecule has 0 saturated carbocycles. The molecule has 1 amide bonds. The predicted octanol–water partition coefficient (Wildman–Crippen LogP) is 3.05. The largest absolute Gasteiger partial charge is 0.466 e. The van der Waals surface area contributed by atoms with Gasteiger partial charge in [0.05, 0.1) is 13.0 Å². The van der Waals surface area contributed by atoms with Crippen LogP contribution in [0.15, 0.2) is 12.2 Å². The van der Waals surface area contributed by atoms with Gasteiger partial charge in [-0.2, -0.15) is 43.5 Å². The fourth-order valence-electron chi connectivity index (χ4n) is 2.08. The van der Waals surface area contributed by atoms with Gasteiger partial charge in [0.15, 0.2) is 0 Å². The Kier molecular flexibility index (Phi) is 9.24. The van der Waals surface area contributed by atoms with Gasteiger partial charge in [-0.05, 0) is 20.8 Å². The molecule has 188 valence electrons. The number of likely N-dealkylation sites (N-methyl/N-ethyl adjacent to an activating group) is 1. The van der Waals surface area contributed by atoms with E-state index in [4.69, 9.17) is 4.55 Å². The van der Waals surface area contributed by atoms with Crippen LogP contribution >= 0.6 is 0 Å². The molecule has 1 N–H and O–H groups in total. The molecule has 0 rings (SSSR count). The van der Waals surface area contributed by atoms with Crippen LogP contribution in [0.5, 0.6) is 0 Å². The van der Waals surface area contributed by atoms with Gasteiger partial charge in [0.2, 0.25) is 0 Å². The zero-order valence-corrected chi connectivity index (χ0v) is 17.5. The van der Waals surface area contributed by atoms with Gasteiger partial charge in [-0.3, -0.25) is 9.35 Å². The zero-order valence-electron chi connectivity index (χ0n) is 16.7. The SMILES string of the molecule is C=C(C(=O)OC(OCCC(F)(F)S(=O)(=O)O)(C(=O)N(CC)C(C)C)C(F)(F)F)C(F)(F)F. The first-order valence-corrected chi connectivity index (χ1v) is 9.85. The number of alkyl halides is 8. The van der Waals surface area contributed by atoms with Gasteiger partial charge in [0, 0.05) is 12.6 Å². The van der Waals surface area contributed by atoms with Crippen LogP contribution in [-0.4, -0.2) is 72.3 Å². The summed E-state index contributed by atoms with van der Waals surface area (Å²) in [6.07, 6.45) is -13.9. The lowest BCUT2D eigenvalue weighted by Gasteiger charge is -2.38. The number of carbonyl (C=O) groups excluding carboxylic acids is 2. The lowest BCUT2D eigenvalue weighted by Crippen LogP contribution is -2.63. The second kappa shape index (κ2) is 9.86. The lowest BCUT2D eigenvalue weighted by atomic mass is 10.1. The van der Waals surface area contributed by atoms with Crippen molar-refractivity contribution in [2.24, 2.45) is 0 Å². The van der Waals surface area contributed by atoms with Gasteiger partial charge in [-0.1, -0.05) is 6.58 Å². The molecule has 0 aromatic rings. The lowest BCUT2D eigenvalue weighted by molar-refractivity contribution is -0.352. The van der Waals surface area contributed by atoms with Gasteiger partial charge in [-0.25, -0.2) is 4.79 Å². The van der Waals surface area contributed by atoms with Crippen LogP contribution in [0.25, 0.3) is 0 Å². The third-order valence-corrected chi connectivity index (χ3v) is 4.74. The van der Waals surface area contributed by atoms with E-state index in [-0.39, 0.29) is 0 Å². The molecule has 0 saturated heterocycles. The predicted molar refractivity (Wildman–Crippen MR) is 89.7 cm³/mol. The zero-order chi connectivity index (χ0) is 25.9. The van der Waals surface area contributed by atoms with E-state index in [0.29, 0.717) is 4.90 Å². The van der Waals surface area contributed by atoms with Crippen molar-refractivity contribution < 1.29 is 67.2 Å². The highest BCUT2D eigenvalue weighted by Gasteiger charge is 2.68. The van der Waals surface area contributed by atoms with Crippen LogP contribution < -0.4 is 0 Å². The molecule has 0 heterocycles. The summed E-state index contributed by atoms with van der Waals surface area (Å²) in [6.45, 7) is 3.19. The minimum atomic E-state index is -6.13. The topological polar surface area (TPSA) is 110 Å². The average molecular weight is 509 g/mol. The summed E-state index contributed by atoms with van der Waals surface area (Å²) in [5.41, 5.74) is -2.47. The Morgan fingerprint density at radius 2 is 1.53 bits per heavy atom. The first kappa shape index (κ1) is 30.0. The van der Waals surface area contributed by atoms with Crippen molar-refractivity contribution in [3.8, 4) is 0 Å². The highest BCUT2D eigenvalue weighted by atomic mass is 32.2. The van der Waals surface area contributed by atoms with E-state index in [1.807, 2.05) is 0 Å². The molecule has 32 heavy (non-hydrogen) atoms. The van der Waals surface area contributed by atoms with Crippen molar-refractivity contribution in [1.82, 2.24) is 4.90 Å². The molecule has 8 nitrogen and oxygen atoms in total. The normalized spacial score (nSPS) is 15.3. The van der Waals surface area contributed by atoms with E-state index in [1.54, 1.807) is 0 Å². The number of hydrogen-bond acceptors (Lipinski definition) is 6. The minimum absolute atomic E-state index is 0.345. The van der Waals surface area contributed by atoms with E-state index >= 15 is 0 Å². The second-order valence-corrected chi connectivity index (χ2v) is 7.92. The van der Waals surface area contributed by atoms with Crippen molar-refractivity contribution in [3.63, 3.8) is 0 Å². The molecular formula is C15H19F8NO7S. The summed E-state index contributed by atoms with van der Waals surface area (Å²) < 4.78 is 144. The highest BCUT2D eigenvalue weighted by molar-refractivity contribution is 7.86. The molecule has 0 spiro atoms. The Morgan fingerprint density at radius 1 is 1.06 bits per heavy atom. The molecule has 1 unspecified atom stereocenters. The van der Waals surface area contributed by atoms with Crippen LogP contribution in [0.1, 0.15) is 27.2 Å². The quantitative estimate of drug-likeness (QED) is 0.159. The number of ether oxygens (including phenoxy) is 2. The Bertz CT molecular complexity index is 823. The standard InChI is InChI=1S/C15H19F8NO7S/c1-5-24(8(2)3)11(26)13(15(21,22)23,31-10(25)9(4)14(18,19)20)30-7-6-12(16,17)32(27,28)29/h8H,4-7H2,1-3H3,(H,27,28,29). The fraction of sp³-hybridized carbons (Fsp3) is 0.733. The van der Waals surface area contributed by atoms with Crippen molar-refractivity contribution >= 4 is 22.0 Å². The number of rotatable bonds is 10. The van der Waals surface area contributed by atoms with Gasteiger partial charge < -0.3 is 14.4 Å². The molecular weight excluding hydrogens is 490 g/mol. The van der Waals surface area contributed by atoms with Crippen LogP contribution in [0, 0.1) is 0 Å². The monoisotopic (exact) mass is 509 g/mol. The first-order valence-electron chi connectivity index (χ1n) is 8.41. The summed E-state index contributed by atoms with van der Waals surface area (Å²) in [4.78, 5) is 24.6. The van der Waals surface area contributed by atoms with E-state index < -0.39 is 76.6 Å². The first-order chi connectivity index (χ1) is 14.0. The summed E-state index contributed by atoms with van der Waals surface area (Å²) in [5.74, 6) is -9.95. The average Bonchev–Trinajstić information content (AvgIpc) is 2.57. The van der Waals surface area contributed by atoms with E-state index in [0.717, 1.165) is 6.92 Å². The number of halogens is 8. The third-order valence-electron chi connectivity index (χ3n) is 3.78. The molecule has 0 aromatic heterocycles. The van der Waals surface area contributed by atoms with Gasteiger partial charge in [0.1, 0.15) is 5.57 Å². The maximum Gasteiger partial charge on any atom is 0.466 e. The molecule has 0 bridgehead atoms. The molecule has 1 atom stereocenters. The second-order valence-electron chi connectivity index (χ2n) is 6.38. The maximum atomic E-state index is 13.8. The molecule has 0 aliphatic carbocycles. The fourth-order valence-corrected chi connectivity index (χ4v) is 2.42. The van der Waals surface area contributed by atoms with Gasteiger partial charge >= 0.3 is 45.4 Å². The number of amides is 1. The smallest absolute Gasteiger partial charge is 0.412 e. The molecule has 0 radical (unpaired) electrons. The van der Waals surface area contributed by atoms with Crippen molar-refractivity contribution in [2.75, 3.05) is 13.2 Å². The van der Waals surface area contributed by atoms with Gasteiger partial charge in [-0.15, -0.1) is 0 Å². The van der Waals surface area contributed by atoms with E-state index in [9.17, 15) is 53.1 Å². The summed E-state index contributed by atoms with van der Waals surface area (Å²) in [6, 6.07) is -1.07. The Hall–Kier alpha value is -2.01. The molecule has 0 aliphatic heterocycles. The maximum absolute atomic E-state index is 13.8. The Labute approximate surface area is 176 Å². The highest BCUT2D eigenvalue weighted by Crippen LogP contribution is 2.40. The molecule has 0 aliphatic rings. The van der Waals surface area contributed by atoms with Gasteiger partial charge in [0.25, 0.3) is 0 Å². The van der Waals surface area contributed by atoms with Crippen LogP contribution in [0.3, 0.4) is 0 Å². The third kappa shape index (κ3) is 6.74. The Morgan fingerprint density at radius 3 is 1.84 bits per heavy atom. The van der Waals surface area contributed by atoms with Crippen LogP contribution in [0.2, 0.25) is 0 Å². The summed E-state index contributed by atoms with van der Waals surface area (Å²) in [7, 11) is -6.13. The van der Waals surface area contributed by atoms with Crippen molar-refractivity contribution in [2.45, 2.75) is 56.6 Å². The summed E-state index contributed by atoms with van der Waals surface area (Å²) in [5, 5.41) is -5.06. The van der Waals surface area contributed by atoms with E-state index in [2.05, 4.69) is 16.1 Å². The Balaban J connectivity index is 6.45. The molecule has 17 heteroatoms. The number of nitrogens with zero attached hydrogens (tertiary/aromatic N) is 1. The number of carbonyl (C=O) groups is 2. The summed E-state index contributed by atoms with van der Waals surface area (Å²) >= 11 is 0. The van der Waals surface area contributed by atoms with Crippen molar-refractivity contribution in [3.05, 3.63) is 12.2 Å². The molecule has 0 fully saturated rings. The van der Waals surface area contributed by atoms with E-state index in [1.165, 1.54) is 13.8 Å². The minimum Gasteiger partial charge on any atom is -0.412 e. The van der Waals surface area contributed by atoms with Crippen molar-refractivity contribution in [1.29, 1.82) is 0 Å². The van der Waals surface area contributed by atoms with Crippen LogP contribution in [0.4, 0.5) is 35.1 Å².